The van der Waals surface area contributed by atoms with Crippen molar-refractivity contribution in [2.45, 2.75) is 44.2 Å². The summed E-state index contributed by atoms with van der Waals surface area (Å²) in [5, 5.41) is 12.5. The molecule has 1 aliphatic carbocycles. The number of nitrogens with one attached hydrogen (secondary N) is 1. The van der Waals surface area contributed by atoms with E-state index in [1.807, 2.05) is 18.2 Å². The van der Waals surface area contributed by atoms with Crippen LogP contribution in [0.4, 0.5) is 0 Å². The number of benzene rings is 1. The number of para-hydroxylation sites is 1. The fourth-order valence-electron chi connectivity index (χ4n) is 3.21. The summed E-state index contributed by atoms with van der Waals surface area (Å²) in [5.74, 6) is 0.229. The van der Waals surface area contributed by atoms with Crippen LogP contribution in [0.2, 0.25) is 0 Å². The number of fused-ring (bicyclic) bond motifs is 1. The molecule has 0 aromatic heterocycles. The van der Waals surface area contributed by atoms with Crippen LogP contribution in [-0.4, -0.2) is 29.8 Å². The van der Waals surface area contributed by atoms with Gasteiger partial charge in [0, 0.05) is 19.0 Å². The quantitative estimate of drug-likeness (QED) is 0.884. The highest BCUT2D eigenvalue weighted by Crippen LogP contribution is 2.28. The number of rotatable bonds is 4. The van der Waals surface area contributed by atoms with E-state index in [0.29, 0.717) is 6.04 Å². The first-order valence-electron chi connectivity index (χ1n) is 7.43. The molecular weight excluding hydrogens is 254 g/mol. The molecule has 0 saturated heterocycles. The Hall–Kier alpha value is -1.55. The lowest BCUT2D eigenvalue weighted by Gasteiger charge is -2.27. The van der Waals surface area contributed by atoms with Gasteiger partial charge < -0.3 is 15.2 Å². The molecule has 0 radical (unpaired) electrons. The summed E-state index contributed by atoms with van der Waals surface area (Å²) in [4.78, 5) is 10.9. The van der Waals surface area contributed by atoms with E-state index in [9.17, 15) is 4.79 Å². The summed E-state index contributed by atoms with van der Waals surface area (Å²) in [5.41, 5.74) is 1.29. The van der Waals surface area contributed by atoms with Crippen LogP contribution in [0, 0.1) is 5.92 Å². The Morgan fingerprint density at radius 2 is 2.00 bits per heavy atom. The third-order valence-electron chi connectivity index (χ3n) is 4.42. The second kappa shape index (κ2) is 5.83. The minimum atomic E-state index is -0.641. The van der Waals surface area contributed by atoms with Crippen LogP contribution >= 0.6 is 0 Å². The number of hydrogen-bond acceptors (Lipinski definition) is 3. The molecule has 1 heterocycles. The topological polar surface area (TPSA) is 58.6 Å². The van der Waals surface area contributed by atoms with Gasteiger partial charge in [-0.3, -0.25) is 4.79 Å². The molecule has 2 N–H and O–H groups in total. The fraction of sp³-hybridized carbons (Fsp3) is 0.562. The summed E-state index contributed by atoms with van der Waals surface area (Å²) >= 11 is 0. The predicted octanol–water partition coefficient (Wildman–Crippen LogP) is 2.22. The van der Waals surface area contributed by atoms with Gasteiger partial charge in [-0.05, 0) is 37.3 Å². The van der Waals surface area contributed by atoms with E-state index in [1.54, 1.807) is 0 Å². The fourth-order valence-corrected chi connectivity index (χ4v) is 3.21. The molecule has 0 bridgehead atoms. The molecule has 1 aromatic rings. The van der Waals surface area contributed by atoms with Crippen molar-refractivity contribution in [2.75, 3.05) is 6.54 Å². The van der Waals surface area contributed by atoms with Gasteiger partial charge in [-0.25, -0.2) is 0 Å². The van der Waals surface area contributed by atoms with Gasteiger partial charge in [0.2, 0.25) is 0 Å². The highest BCUT2D eigenvalue weighted by molar-refractivity contribution is 5.70. The van der Waals surface area contributed by atoms with Gasteiger partial charge in [-0.15, -0.1) is 0 Å². The largest absolute Gasteiger partial charge is 0.488 e. The first-order valence-corrected chi connectivity index (χ1v) is 7.43. The standard InChI is InChI=1S/C16H21NO3/c18-16(19)11-5-7-13(8-6-11)17-10-14-9-12-3-1-2-4-15(12)20-14/h1-4,11,13-14,17H,5-10H2,(H,18,19). The van der Waals surface area contributed by atoms with Crippen LogP contribution in [0.25, 0.3) is 0 Å². The SMILES string of the molecule is O=C(O)C1CCC(NCC2Cc3ccccc3O2)CC1. The van der Waals surface area contributed by atoms with Gasteiger partial charge in [0.25, 0.3) is 0 Å². The zero-order chi connectivity index (χ0) is 13.9. The Balaban J connectivity index is 1.43. The van der Waals surface area contributed by atoms with E-state index in [1.165, 1.54) is 5.56 Å². The predicted molar refractivity (Wildman–Crippen MR) is 75.9 cm³/mol. The van der Waals surface area contributed by atoms with Crippen molar-refractivity contribution in [3.63, 3.8) is 0 Å². The van der Waals surface area contributed by atoms with Gasteiger partial charge in [0.1, 0.15) is 11.9 Å². The lowest BCUT2D eigenvalue weighted by atomic mass is 9.86. The van der Waals surface area contributed by atoms with Crippen LogP contribution in [-0.2, 0) is 11.2 Å². The molecule has 1 aromatic carbocycles. The van der Waals surface area contributed by atoms with Crippen molar-refractivity contribution >= 4 is 5.97 Å². The van der Waals surface area contributed by atoms with Crippen molar-refractivity contribution in [2.24, 2.45) is 5.92 Å². The maximum Gasteiger partial charge on any atom is 0.306 e. The number of carboxylic acid groups (broad SMARTS) is 1. The van der Waals surface area contributed by atoms with E-state index >= 15 is 0 Å². The Morgan fingerprint density at radius 3 is 2.70 bits per heavy atom. The first kappa shape index (κ1) is 13.4. The van der Waals surface area contributed by atoms with Crippen LogP contribution < -0.4 is 10.1 Å². The van der Waals surface area contributed by atoms with Gasteiger partial charge in [0.15, 0.2) is 0 Å². The molecule has 1 unspecified atom stereocenters. The summed E-state index contributed by atoms with van der Waals surface area (Å²) in [6.45, 7) is 0.844. The second-order valence-corrected chi connectivity index (χ2v) is 5.85. The summed E-state index contributed by atoms with van der Waals surface area (Å²) in [7, 11) is 0. The lowest BCUT2D eigenvalue weighted by molar-refractivity contribution is -0.142. The highest BCUT2D eigenvalue weighted by Gasteiger charge is 2.27. The molecule has 1 atom stereocenters. The third-order valence-corrected chi connectivity index (χ3v) is 4.42. The van der Waals surface area contributed by atoms with Crippen molar-refractivity contribution < 1.29 is 14.6 Å². The van der Waals surface area contributed by atoms with E-state index in [0.717, 1.165) is 44.4 Å². The van der Waals surface area contributed by atoms with Crippen LogP contribution in [0.15, 0.2) is 24.3 Å². The van der Waals surface area contributed by atoms with E-state index in [2.05, 4.69) is 11.4 Å². The van der Waals surface area contributed by atoms with Gasteiger partial charge in [-0.1, -0.05) is 18.2 Å². The van der Waals surface area contributed by atoms with Crippen molar-refractivity contribution in [3.05, 3.63) is 29.8 Å². The lowest BCUT2D eigenvalue weighted by Crippen LogP contribution is -2.40. The van der Waals surface area contributed by atoms with E-state index in [4.69, 9.17) is 9.84 Å². The van der Waals surface area contributed by atoms with Crippen LogP contribution in [0.3, 0.4) is 0 Å². The van der Waals surface area contributed by atoms with Crippen molar-refractivity contribution in [1.29, 1.82) is 0 Å². The van der Waals surface area contributed by atoms with E-state index in [-0.39, 0.29) is 12.0 Å². The first-order chi connectivity index (χ1) is 9.72. The molecule has 1 fully saturated rings. The van der Waals surface area contributed by atoms with Gasteiger partial charge in [-0.2, -0.15) is 0 Å². The van der Waals surface area contributed by atoms with Gasteiger partial charge >= 0.3 is 5.97 Å². The zero-order valence-corrected chi connectivity index (χ0v) is 11.5. The molecule has 0 spiro atoms. The maximum absolute atomic E-state index is 10.9. The highest BCUT2D eigenvalue weighted by atomic mass is 16.5. The van der Waals surface area contributed by atoms with Crippen molar-refractivity contribution in [1.82, 2.24) is 5.32 Å². The average molecular weight is 275 g/mol. The van der Waals surface area contributed by atoms with Crippen LogP contribution in [0.1, 0.15) is 31.2 Å². The summed E-state index contributed by atoms with van der Waals surface area (Å²) < 4.78 is 5.90. The molecule has 3 rings (SSSR count). The molecule has 2 aliphatic rings. The Labute approximate surface area is 119 Å². The number of ether oxygens (including phenoxy) is 1. The molecule has 108 valence electrons. The summed E-state index contributed by atoms with van der Waals surface area (Å²) in [6.07, 6.45) is 4.67. The molecular formula is C16H21NO3. The zero-order valence-electron chi connectivity index (χ0n) is 11.5. The monoisotopic (exact) mass is 275 g/mol. The normalized spacial score (nSPS) is 28.7. The number of carbonyl (C=O) groups is 1. The minimum absolute atomic E-state index is 0.139. The molecule has 1 aliphatic heterocycles. The number of carboxylic acids is 1. The molecule has 20 heavy (non-hydrogen) atoms. The van der Waals surface area contributed by atoms with E-state index < -0.39 is 5.97 Å². The Kier molecular flexibility index (Phi) is 3.92. The Bertz CT molecular complexity index is 455. The number of hydrogen-bond donors (Lipinski definition) is 2. The number of aliphatic carboxylic acids is 1. The van der Waals surface area contributed by atoms with Crippen LogP contribution in [0.5, 0.6) is 5.75 Å². The Morgan fingerprint density at radius 1 is 1.25 bits per heavy atom. The van der Waals surface area contributed by atoms with Crippen molar-refractivity contribution in [3.8, 4) is 5.75 Å². The second-order valence-electron chi connectivity index (χ2n) is 5.85. The van der Waals surface area contributed by atoms with Gasteiger partial charge in [0.05, 0.1) is 5.92 Å². The third kappa shape index (κ3) is 2.96. The molecule has 4 heteroatoms. The molecule has 4 nitrogen and oxygen atoms in total. The molecule has 1 saturated carbocycles. The minimum Gasteiger partial charge on any atom is -0.488 e. The molecule has 0 amide bonds. The maximum atomic E-state index is 10.9. The smallest absolute Gasteiger partial charge is 0.306 e. The average Bonchev–Trinajstić information content (AvgIpc) is 2.88. The summed E-state index contributed by atoms with van der Waals surface area (Å²) in [6, 6.07) is 8.63.